The highest BCUT2D eigenvalue weighted by Gasteiger charge is 2.10. The van der Waals surface area contributed by atoms with Crippen LogP contribution in [0.4, 0.5) is 5.69 Å². The molecule has 0 saturated heterocycles. The molecule has 0 saturated carbocycles. The summed E-state index contributed by atoms with van der Waals surface area (Å²) in [6.07, 6.45) is 0. The van der Waals surface area contributed by atoms with Gasteiger partial charge in [-0.2, -0.15) is 0 Å². The van der Waals surface area contributed by atoms with Crippen molar-refractivity contribution in [2.24, 2.45) is 0 Å². The van der Waals surface area contributed by atoms with Gasteiger partial charge in [0.05, 0.1) is 12.2 Å². The van der Waals surface area contributed by atoms with Gasteiger partial charge in [-0.3, -0.25) is 0 Å². The summed E-state index contributed by atoms with van der Waals surface area (Å²) in [6.45, 7) is 6.84. The molecule has 0 unspecified atom stereocenters. The van der Waals surface area contributed by atoms with E-state index in [0.717, 1.165) is 5.69 Å². The normalized spacial score (nSPS) is 11.9. The molecular weight excluding hydrogens is 210 g/mol. The molecule has 2 heteroatoms. The van der Waals surface area contributed by atoms with E-state index < -0.39 is 0 Å². The lowest BCUT2D eigenvalue weighted by Gasteiger charge is -2.19. The zero-order chi connectivity index (χ0) is 12.5. The zero-order valence-electron chi connectivity index (χ0n) is 10.7. The van der Waals surface area contributed by atoms with Crippen LogP contribution in [0.15, 0.2) is 36.4 Å². The van der Waals surface area contributed by atoms with E-state index in [1.807, 2.05) is 18.2 Å². The van der Waals surface area contributed by atoms with Gasteiger partial charge in [-0.1, -0.05) is 18.2 Å². The standard InChI is InChI=1S/C15H19NO/c1-15(2,3)17-10-11-4-5-13-9-14(16)7-6-12(13)8-11/h4-9H,10,16H2,1-3H3. The molecule has 17 heavy (non-hydrogen) atoms. The Kier molecular flexibility index (Phi) is 3.07. The SMILES string of the molecule is CC(C)(C)OCc1ccc2cc(N)ccc2c1. The lowest BCUT2D eigenvalue weighted by Crippen LogP contribution is -2.18. The van der Waals surface area contributed by atoms with Crippen molar-refractivity contribution in [2.75, 3.05) is 5.73 Å². The predicted octanol–water partition coefficient (Wildman–Crippen LogP) is 3.74. The third-order valence-corrected chi connectivity index (χ3v) is 2.60. The molecule has 90 valence electrons. The summed E-state index contributed by atoms with van der Waals surface area (Å²) in [6, 6.07) is 12.3. The third-order valence-electron chi connectivity index (χ3n) is 2.60. The summed E-state index contributed by atoms with van der Waals surface area (Å²) < 4.78 is 5.76. The minimum atomic E-state index is -0.101. The first-order chi connectivity index (χ1) is 7.94. The van der Waals surface area contributed by atoms with Crippen LogP contribution in [0, 0.1) is 0 Å². The number of nitrogens with two attached hydrogens (primary N) is 1. The van der Waals surface area contributed by atoms with Gasteiger partial charge >= 0.3 is 0 Å². The Morgan fingerprint density at radius 2 is 1.65 bits per heavy atom. The molecule has 0 atom stereocenters. The minimum Gasteiger partial charge on any atom is -0.399 e. The molecule has 2 N–H and O–H groups in total. The topological polar surface area (TPSA) is 35.2 Å². The van der Waals surface area contributed by atoms with Crippen molar-refractivity contribution in [3.63, 3.8) is 0 Å². The maximum Gasteiger partial charge on any atom is 0.0724 e. The fourth-order valence-corrected chi connectivity index (χ4v) is 1.70. The summed E-state index contributed by atoms with van der Waals surface area (Å²) in [5, 5.41) is 2.37. The number of anilines is 1. The minimum absolute atomic E-state index is 0.101. The van der Waals surface area contributed by atoms with Crippen LogP contribution in [0.2, 0.25) is 0 Å². The third kappa shape index (κ3) is 3.21. The second kappa shape index (κ2) is 4.38. The van der Waals surface area contributed by atoms with Crippen molar-refractivity contribution in [1.82, 2.24) is 0 Å². The fourth-order valence-electron chi connectivity index (χ4n) is 1.70. The molecule has 2 rings (SSSR count). The van der Waals surface area contributed by atoms with Crippen molar-refractivity contribution < 1.29 is 4.74 Å². The second-order valence-electron chi connectivity index (χ2n) is 5.34. The number of hydrogen-bond acceptors (Lipinski definition) is 2. The van der Waals surface area contributed by atoms with Crippen molar-refractivity contribution in [3.05, 3.63) is 42.0 Å². The highest BCUT2D eigenvalue weighted by atomic mass is 16.5. The molecule has 0 amide bonds. The Labute approximate surface area is 102 Å². The van der Waals surface area contributed by atoms with E-state index in [4.69, 9.17) is 10.5 Å². The summed E-state index contributed by atoms with van der Waals surface area (Å²) in [5.41, 5.74) is 7.65. The molecule has 0 radical (unpaired) electrons. The van der Waals surface area contributed by atoms with E-state index in [9.17, 15) is 0 Å². The molecule has 0 aromatic heterocycles. The molecule has 2 nitrogen and oxygen atoms in total. The van der Waals surface area contributed by atoms with E-state index >= 15 is 0 Å². The van der Waals surface area contributed by atoms with Crippen molar-refractivity contribution in [2.45, 2.75) is 33.0 Å². The first-order valence-corrected chi connectivity index (χ1v) is 5.86. The highest BCUT2D eigenvalue weighted by Crippen LogP contribution is 2.20. The number of ether oxygens (including phenoxy) is 1. The van der Waals surface area contributed by atoms with Gasteiger partial charge in [-0.25, -0.2) is 0 Å². The van der Waals surface area contributed by atoms with E-state index in [1.54, 1.807) is 0 Å². The van der Waals surface area contributed by atoms with Crippen molar-refractivity contribution >= 4 is 16.5 Å². The molecule has 0 fully saturated rings. The summed E-state index contributed by atoms with van der Waals surface area (Å²) in [4.78, 5) is 0. The molecule has 0 spiro atoms. The van der Waals surface area contributed by atoms with E-state index in [1.165, 1.54) is 16.3 Å². The van der Waals surface area contributed by atoms with Crippen LogP contribution in [0.5, 0.6) is 0 Å². The van der Waals surface area contributed by atoms with E-state index in [2.05, 4.69) is 39.0 Å². The van der Waals surface area contributed by atoms with Crippen LogP contribution in [0.1, 0.15) is 26.3 Å². The molecule has 2 aromatic rings. The largest absolute Gasteiger partial charge is 0.399 e. The predicted molar refractivity (Wildman–Crippen MR) is 72.9 cm³/mol. The summed E-state index contributed by atoms with van der Waals surface area (Å²) in [5.74, 6) is 0. The van der Waals surface area contributed by atoms with E-state index in [0.29, 0.717) is 6.61 Å². The Bertz CT molecular complexity index is 526. The molecule has 0 aliphatic heterocycles. The van der Waals surface area contributed by atoms with Gasteiger partial charge in [0, 0.05) is 5.69 Å². The number of fused-ring (bicyclic) bond motifs is 1. The Morgan fingerprint density at radius 3 is 2.35 bits per heavy atom. The molecule has 0 bridgehead atoms. The van der Waals surface area contributed by atoms with Crippen LogP contribution in [-0.4, -0.2) is 5.60 Å². The van der Waals surface area contributed by atoms with Crippen molar-refractivity contribution in [3.8, 4) is 0 Å². The monoisotopic (exact) mass is 229 g/mol. The van der Waals surface area contributed by atoms with Gasteiger partial charge in [-0.05, 0) is 55.3 Å². The Hall–Kier alpha value is -1.54. The maximum absolute atomic E-state index is 5.76. The Balaban J connectivity index is 2.23. The number of hydrogen-bond donors (Lipinski definition) is 1. The van der Waals surface area contributed by atoms with Gasteiger partial charge in [0.25, 0.3) is 0 Å². The molecule has 2 aromatic carbocycles. The van der Waals surface area contributed by atoms with Gasteiger partial charge < -0.3 is 10.5 Å². The van der Waals surface area contributed by atoms with Gasteiger partial charge in [0.2, 0.25) is 0 Å². The van der Waals surface area contributed by atoms with E-state index in [-0.39, 0.29) is 5.60 Å². The summed E-state index contributed by atoms with van der Waals surface area (Å²) >= 11 is 0. The number of benzene rings is 2. The number of nitrogen functional groups attached to an aromatic ring is 1. The van der Waals surface area contributed by atoms with Crippen LogP contribution in [0.3, 0.4) is 0 Å². The maximum atomic E-state index is 5.76. The van der Waals surface area contributed by atoms with Crippen LogP contribution in [0.25, 0.3) is 10.8 Å². The lowest BCUT2D eigenvalue weighted by molar-refractivity contribution is -0.0149. The molecule has 0 heterocycles. The fraction of sp³-hybridized carbons (Fsp3) is 0.333. The summed E-state index contributed by atoms with van der Waals surface area (Å²) in [7, 11) is 0. The quantitative estimate of drug-likeness (QED) is 0.796. The molecule has 0 aliphatic rings. The first kappa shape index (κ1) is 11.9. The average molecular weight is 229 g/mol. The molecular formula is C15H19NO. The zero-order valence-corrected chi connectivity index (χ0v) is 10.7. The van der Waals surface area contributed by atoms with Gasteiger partial charge in [0.1, 0.15) is 0 Å². The van der Waals surface area contributed by atoms with Crippen LogP contribution in [-0.2, 0) is 11.3 Å². The van der Waals surface area contributed by atoms with Crippen LogP contribution >= 0.6 is 0 Å². The number of rotatable bonds is 2. The average Bonchev–Trinajstić information content (AvgIpc) is 2.25. The van der Waals surface area contributed by atoms with Gasteiger partial charge in [-0.15, -0.1) is 0 Å². The Morgan fingerprint density at radius 1 is 1.00 bits per heavy atom. The van der Waals surface area contributed by atoms with Crippen molar-refractivity contribution in [1.29, 1.82) is 0 Å². The first-order valence-electron chi connectivity index (χ1n) is 5.86. The lowest BCUT2D eigenvalue weighted by atomic mass is 10.1. The molecule has 0 aliphatic carbocycles. The second-order valence-corrected chi connectivity index (χ2v) is 5.34. The highest BCUT2D eigenvalue weighted by molar-refractivity contribution is 5.85. The van der Waals surface area contributed by atoms with Gasteiger partial charge in [0.15, 0.2) is 0 Å². The van der Waals surface area contributed by atoms with Crippen LogP contribution < -0.4 is 5.73 Å². The smallest absolute Gasteiger partial charge is 0.0724 e.